The second-order valence-electron chi connectivity index (χ2n) is 5.53. The Morgan fingerprint density at radius 1 is 1.11 bits per heavy atom. The summed E-state index contributed by atoms with van der Waals surface area (Å²) in [6.45, 7) is 0. The standard InChI is InChI=1S/C17H17FN2O5S2/c1-20(2)17(22)26-13-7-5-12(6-8-13)19-27(23,24)15-10-11(16(21)25-3)4-9-14(15)18/h4-10,19H,1-3H3. The van der Waals surface area contributed by atoms with Gasteiger partial charge in [0.2, 0.25) is 0 Å². The molecule has 0 atom stereocenters. The summed E-state index contributed by atoms with van der Waals surface area (Å²) in [7, 11) is 0.105. The normalized spacial score (nSPS) is 11.0. The summed E-state index contributed by atoms with van der Waals surface area (Å²) in [6, 6.07) is 8.94. The third kappa shape index (κ3) is 5.20. The van der Waals surface area contributed by atoms with E-state index in [0.29, 0.717) is 4.90 Å². The third-order valence-corrected chi connectivity index (χ3v) is 5.76. The Balaban J connectivity index is 2.24. The number of anilines is 1. The zero-order chi connectivity index (χ0) is 20.2. The van der Waals surface area contributed by atoms with E-state index in [9.17, 15) is 22.4 Å². The summed E-state index contributed by atoms with van der Waals surface area (Å²) in [5, 5.41) is -0.176. The highest BCUT2D eigenvalue weighted by atomic mass is 32.2. The Morgan fingerprint density at radius 3 is 2.30 bits per heavy atom. The fourth-order valence-corrected chi connectivity index (χ4v) is 3.77. The number of hydrogen-bond acceptors (Lipinski definition) is 6. The molecule has 0 radical (unpaired) electrons. The molecular weight excluding hydrogens is 395 g/mol. The second kappa shape index (κ2) is 8.40. The molecule has 1 amide bonds. The SMILES string of the molecule is COC(=O)c1ccc(F)c(S(=O)(=O)Nc2ccc(SC(=O)N(C)C)cc2)c1. The molecule has 0 bridgehead atoms. The van der Waals surface area contributed by atoms with Gasteiger partial charge in [-0.1, -0.05) is 0 Å². The minimum Gasteiger partial charge on any atom is -0.465 e. The van der Waals surface area contributed by atoms with E-state index in [1.807, 2.05) is 0 Å². The van der Waals surface area contributed by atoms with E-state index in [1.54, 1.807) is 26.2 Å². The van der Waals surface area contributed by atoms with Gasteiger partial charge in [0.25, 0.3) is 15.3 Å². The zero-order valence-electron chi connectivity index (χ0n) is 14.7. The molecule has 2 aromatic rings. The molecule has 2 rings (SSSR count). The molecule has 0 aliphatic carbocycles. The fourth-order valence-electron chi connectivity index (χ4n) is 1.95. The Kier molecular flexibility index (Phi) is 6.45. The molecule has 0 aliphatic rings. The van der Waals surface area contributed by atoms with Crippen molar-refractivity contribution in [1.82, 2.24) is 4.90 Å². The number of hydrogen-bond donors (Lipinski definition) is 1. The number of nitrogens with zero attached hydrogens (tertiary/aromatic N) is 1. The maximum absolute atomic E-state index is 14.0. The fraction of sp³-hybridized carbons (Fsp3) is 0.176. The minimum atomic E-state index is -4.27. The van der Waals surface area contributed by atoms with Gasteiger partial charge in [-0.15, -0.1) is 0 Å². The number of rotatable bonds is 5. The summed E-state index contributed by atoms with van der Waals surface area (Å²) in [5.41, 5.74) is 0.0905. The van der Waals surface area contributed by atoms with Crippen molar-refractivity contribution < 1.29 is 27.1 Å². The number of carbonyl (C=O) groups is 2. The predicted molar refractivity (Wildman–Crippen MR) is 99.9 cm³/mol. The van der Waals surface area contributed by atoms with Gasteiger partial charge in [0, 0.05) is 24.7 Å². The Labute approximate surface area is 160 Å². The monoisotopic (exact) mass is 412 g/mol. The quantitative estimate of drug-likeness (QED) is 0.599. The van der Waals surface area contributed by atoms with Crippen LogP contribution >= 0.6 is 11.8 Å². The van der Waals surface area contributed by atoms with E-state index < -0.39 is 26.7 Å². The molecule has 0 spiro atoms. The van der Waals surface area contributed by atoms with Crippen molar-refractivity contribution >= 4 is 38.7 Å². The van der Waals surface area contributed by atoms with Crippen molar-refractivity contribution in [2.45, 2.75) is 9.79 Å². The van der Waals surface area contributed by atoms with E-state index in [4.69, 9.17) is 0 Å². The number of carbonyl (C=O) groups excluding carboxylic acids is 2. The van der Waals surface area contributed by atoms with E-state index in [1.165, 1.54) is 17.0 Å². The first kappa shape index (κ1) is 20.7. The maximum atomic E-state index is 14.0. The summed E-state index contributed by atoms with van der Waals surface area (Å²) in [6.07, 6.45) is 0. The number of nitrogens with one attached hydrogen (secondary N) is 1. The largest absolute Gasteiger partial charge is 0.465 e. The molecule has 144 valence electrons. The Hall–Kier alpha value is -2.59. The van der Waals surface area contributed by atoms with Crippen LogP contribution in [0.15, 0.2) is 52.3 Å². The number of sulfonamides is 1. The highest BCUT2D eigenvalue weighted by Gasteiger charge is 2.22. The molecular formula is C17H17FN2O5S2. The van der Waals surface area contributed by atoms with Crippen molar-refractivity contribution in [3.63, 3.8) is 0 Å². The van der Waals surface area contributed by atoms with Crippen LogP contribution in [-0.2, 0) is 14.8 Å². The highest BCUT2D eigenvalue weighted by molar-refractivity contribution is 8.13. The first-order chi connectivity index (χ1) is 12.6. The molecule has 10 heteroatoms. The first-order valence-electron chi connectivity index (χ1n) is 7.54. The van der Waals surface area contributed by atoms with Gasteiger partial charge in [0.05, 0.1) is 12.7 Å². The van der Waals surface area contributed by atoms with Gasteiger partial charge in [-0.05, 0) is 54.2 Å². The molecule has 27 heavy (non-hydrogen) atoms. The van der Waals surface area contributed by atoms with Crippen molar-refractivity contribution in [3.8, 4) is 0 Å². The number of ether oxygens (including phenoxy) is 1. The van der Waals surface area contributed by atoms with Crippen LogP contribution in [0, 0.1) is 5.82 Å². The van der Waals surface area contributed by atoms with Crippen LogP contribution in [0.3, 0.4) is 0 Å². The minimum absolute atomic E-state index is 0.0896. The maximum Gasteiger partial charge on any atom is 0.337 e. The Morgan fingerprint density at radius 2 is 1.74 bits per heavy atom. The van der Waals surface area contributed by atoms with Crippen molar-refractivity contribution in [3.05, 3.63) is 53.8 Å². The lowest BCUT2D eigenvalue weighted by molar-refractivity contribution is 0.0600. The van der Waals surface area contributed by atoms with Gasteiger partial charge in [-0.3, -0.25) is 9.52 Å². The molecule has 0 unspecified atom stereocenters. The highest BCUT2D eigenvalue weighted by Crippen LogP contribution is 2.25. The zero-order valence-corrected chi connectivity index (χ0v) is 16.4. The number of methoxy groups -OCH3 is 1. The number of halogens is 1. The molecule has 2 aromatic carbocycles. The second-order valence-corrected chi connectivity index (χ2v) is 8.20. The first-order valence-corrected chi connectivity index (χ1v) is 9.84. The summed E-state index contributed by atoms with van der Waals surface area (Å²) in [4.78, 5) is 24.6. The predicted octanol–water partition coefficient (Wildman–Crippen LogP) is 3.19. The van der Waals surface area contributed by atoms with Gasteiger partial charge in [-0.25, -0.2) is 17.6 Å². The van der Waals surface area contributed by atoms with Crippen molar-refractivity contribution in [1.29, 1.82) is 0 Å². The molecule has 0 aromatic heterocycles. The van der Waals surface area contributed by atoms with E-state index in [-0.39, 0.29) is 16.5 Å². The molecule has 0 saturated heterocycles. The lowest BCUT2D eigenvalue weighted by Crippen LogP contribution is -2.16. The average molecular weight is 412 g/mol. The van der Waals surface area contributed by atoms with Gasteiger partial charge < -0.3 is 9.64 Å². The lowest BCUT2D eigenvalue weighted by Gasteiger charge is -2.11. The van der Waals surface area contributed by atoms with Crippen LogP contribution in [0.4, 0.5) is 14.9 Å². The smallest absolute Gasteiger partial charge is 0.337 e. The molecule has 0 aliphatic heterocycles. The summed E-state index contributed by atoms with van der Waals surface area (Å²) < 4.78 is 45.7. The molecule has 0 fully saturated rings. The number of thioether (sulfide) groups is 1. The van der Waals surface area contributed by atoms with Gasteiger partial charge in [-0.2, -0.15) is 0 Å². The Bertz CT molecular complexity index is 960. The van der Waals surface area contributed by atoms with Crippen LogP contribution in [-0.4, -0.2) is 45.7 Å². The van der Waals surface area contributed by atoms with Crippen LogP contribution in [0.25, 0.3) is 0 Å². The van der Waals surface area contributed by atoms with Crippen molar-refractivity contribution in [2.24, 2.45) is 0 Å². The van der Waals surface area contributed by atoms with E-state index >= 15 is 0 Å². The lowest BCUT2D eigenvalue weighted by atomic mass is 10.2. The molecule has 1 N–H and O–H groups in total. The van der Waals surface area contributed by atoms with Crippen LogP contribution in [0.5, 0.6) is 0 Å². The summed E-state index contributed by atoms with van der Waals surface area (Å²) in [5.74, 6) is -1.78. The van der Waals surface area contributed by atoms with Crippen LogP contribution in [0.2, 0.25) is 0 Å². The number of amides is 1. The molecule has 7 nitrogen and oxygen atoms in total. The average Bonchev–Trinajstić information content (AvgIpc) is 2.62. The van der Waals surface area contributed by atoms with Gasteiger partial charge >= 0.3 is 5.97 Å². The van der Waals surface area contributed by atoms with Crippen molar-refractivity contribution in [2.75, 3.05) is 25.9 Å². The number of benzene rings is 2. The summed E-state index contributed by atoms with van der Waals surface area (Å²) >= 11 is 0.983. The van der Waals surface area contributed by atoms with Gasteiger partial charge in [0.1, 0.15) is 10.7 Å². The molecule has 0 saturated carbocycles. The van der Waals surface area contributed by atoms with E-state index in [0.717, 1.165) is 37.1 Å². The van der Waals surface area contributed by atoms with Crippen LogP contribution in [0.1, 0.15) is 10.4 Å². The topological polar surface area (TPSA) is 92.8 Å². The molecule has 0 heterocycles. The number of esters is 1. The van der Waals surface area contributed by atoms with E-state index in [2.05, 4.69) is 9.46 Å². The van der Waals surface area contributed by atoms with Crippen LogP contribution < -0.4 is 4.72 Å². The third-order valence-electron chi connectivity index (χ3n) is 3.32. The van der Waals surface area contributed by atoms with Gasteiger partial charge in [0.15, 0.2) is 0 Å².